The zero-order valence-corrected chi connectivity index (χ0v) is 11.6. The number of anilines is 1. The van der Waals surface area contributed by atoms with E-state index in [2.05, 4.69) is 25.4 Å². The molecule has 6 nitrogen and oxygen atoms in total. The number of aromatic nitrogens is 4. The number of aryl methyl sites for hydroxylation is 1. The Labute approximate surface area is 120 Å². The number of nitrogens with zero attached hydrogens (tertiary/aromatic N) is 4. The van der Waals surface area contributed by atoms with Gasteiger partial charge < -0.3 is 9.84 Å². The average molecular weight is 290 g/mol. The molecule has 2 aromatic heterocycles. The minimum Gasteiger partial charge on any atom is -0.369 e. The van der Waals surface area contributed by atoms with E-state index in [-0.39, 0.29) is 5.28 Å². The predicted octanol–water partition coefficient (Wildman–Crippen LogP) is 2.63. The van der Waals surface area contributed by atoms with E-state index < -0.39 is 0 Å². The Morgan fingerprint density at radius 2 is 2.05 bits per heavy atom. The second kappa shape index (κ2) is 5.42. The van der Waals surface area contributed by atoms with Gasteiger partial charge in [-0.05, 0) is 30.7 Å². The molecule has 1 N–H and O–H groups in total. The highest BCUT2D eigenvalue weighted by Crippen LogP contribution is 2.21. The van der Waals surface area contributed by atoms with Gasteiger partial charge in [-0.25, -0.2) is 9.97 Å². The van der Waals surface area contributed by atoms with Gasteiger partial charge in [-0.1, -0.05) is 17.3 Å². The van der Waals surface area contributed by atoms with Crippen LogP contribution in [0.5, 0.6) is 0 Å². The molecule has 0 saturated heterocycles. The van der Waals surface area contributed by atoms with Crippen molar-refractivity contribution < 1.29 is 4.52 Å². The molecular weight excluding hydrogens is 278 g/mol. The van der Waals surface area contributed by atoms with Crippen LogP contribution >= 0.6 is 11.6 Å². The third-order valence-electron chi connectivity index (χ3n) is 2.78. The van der Waals surface area contributed by atoms with E-state index in [1.165, 1.54) is 0 Å². The molecule has 3 aromatic rings. The van der Waals surface area contributed by atoms with E-state index >= 15 is 0 Å². The number of fused-ring (bicyclic) bond motifs is 1. The Kier molecular flexibility index (Phi) is 3.47. The SMILES string of the molecule is Cc1noc(CCNc2nc(Cl)nc3ccccc23)n1. The lowest BCUT2D eigenvalue weighted by atomic mass is 10.2. The van der Waals surface area contributed by atoms with Gasteiger partial charge in [-0.2, -0.15) is 4.98 Å². The van der Waals surface area contributed by atoms with Crippen LogP contribution in [0.4, 0.5) is 5.82 Å². The van der Waals surface area contributed by atoms with Crippen LogP contribution in [0, 0.1) is 6.92 Å². The molecule has 0 saturated carbocycles. The van der Waals surface area contributed by atoms with Crippen molar-refractivity contribution in [1.82, 2.24) is 20.1 Å². The highest BCUT2D eigenvalue weighted by molar-refractivity contribution is 6.28. The third-order valence-corrected chi connectivity index (χ3v) is 2.95. The molecule has 0 radical (unpaired) electrons. The minimum atomic E-state index is 0.222. The van der Waals surface area contributed by atoms with Crippen LogP contribution < -0.4 is 5.32 Å². The second-order valence-electron chi connectivity index (χ2n) is 4.27. The van der Waals surface area contributed by atoms with Crippen LogP contribution in [0.25, 0.3) is 10.9 Å². The molecule has 0 aliphatic rings. The lowest BCUT2D eigenvalue weighted by molar-refractivity contribution is 0.377. The quantitative estimate of drug-likeness (QED) is 0.744. The summed E-state index contributed by atoms with van der Waals surface area (Å²) >= 11 is 5.92. The molecule has 102 valence electrons. The van der Waals surface area contributed by atoms with Crippen LogP contribution in [0.3, 0.4) is 0 Å². The monoisotopic (exact) mass is 289 g/mol. The highest BCUT2D eigenvalue weighted by Gasteiger charge is 2.07. The Bertz CT molecular complexity index is 742. The van der Waals surface area contributed by atoms with Gasteiger partial charge in [0.1, 0.15) is 5.82 Å². The highest BCUT2D eigenvalue weighted by atomic mass is 35.5. The molecule has 0 bridgehead atoms. The van der Waals surface area contributed by atoms with Gasteiger partial charge >= 0.3 is 0 Å². The summed E-state index contributed by atoms with van der Waals surface area (Å²) in [7, 11) is 0. The van der Waals surface area contributed by atoms with Crippen molar-refractivity contribution in [2.75, 3.05) is 11.9 Å². The molecule has 0 spiro atoms. The molecular formula is C13H12ClN5O. The number of hydrogen-bond acceptors (Lipinski definition) is 6. The van der Waals surface area contributed by atoms with Crippen molar-refractivity contribution in [2.45, 2.75) is 13.3 Å². The van der Waals surface area contributed by atoms with Gasteiger partial charge in [0.25, 0.3) is 0 Å². The summed E-state index contributed by atoms with van der Waals surface area (Å²) in [6.45, 7) is 2.41. The average Bonchev–Trinajstić information content (AvgIpc) is 2.84. The predicted molar refractivity (Wildman–Crippen MR) is 75.8 cm³/mol. The number of benzene rings is 1. The van der Waals surface area contributed by atoms with Crippen LogP contribution in [-0.2, 0) is 6.42 Å². The first-order chi connectivity index (χ1) is 9.72. The van der Waals surface area contributed by atoms with Crippen LogP contribution in [-0.4, -0.2) is 26.7 Å². The van der Waals surface area contributed by atoms with E-state index in [0.29, 0.717) is 30.5 Å². The lowest BCUT2D eigenvalue weighted by Gasteiger charge is -2.07. The van der Waals surface area contributed by atoms with Crippen LogP contribution in [0.2, 0.25) is 5.28 Å². The Morgan fingerprint density at radius 3 is 2.85 bits per heavy atom. The van der Waals surface area contributed by atoms with Gasteiger partial charge in [0.05, 0.1) is 5.52 Å². The fraction of sp³-hybridized carbons (Fsp3) is 0.231. The van der Waals surface area contributed by atoms with E-state index in [0.717, 1.165) is 10.9 Å². The molecule has 7 heteroatoms. The van der Waals surface area contributed by atoms with Gasteiger partial charge in [-0.3, -0.25) is 0 Å². The van der Waals surface area contributed by atoms with Crippen LogP contribution in [0.15, 0.2) is 28.8 Å². The van der Waals surface area contributed by atoms with Gasteiger partial charge in [0, 0.05) is 18.4 Å². The Balaban J connectivity index is 1.77. The molecule has 2 heterocycles. The molecule has 0 unspecified atom stereocenters. The first-order valence-electron chi connectivity index (χ1n) is 6.18. The number of rotatable bonds is 4. The van der Waals surface area contributed by atoms with Crippen molar-refractivity contribution in [1.29, 1.82) is 0 Å². The van der Waals surface area contributed by atoms with Crippen molar-refractivity contribution in [3.63, 3.8) is 0 Å². The number of hydrogen-bond donors (Lipinski definition) is 1. The van der Waals surface area contributed by atoms with E-state index in [4.69, 9.17) is 16.1 Å². The Hall–Kier alpha value is -2.21. The van der Waals surface area contributed by atoms with Crippen LogP contribution in [0.1, 0.15) is 11.7 Å². The summed E-state index contributed by atoms with van der Waals surface area (Å²) in [5.41, 5.74) is 0.809. The minimum absolute atomic E-state index is 0.222. The normalized spacial score (nSPS) is 10.9. The third kappa shape index (κ3) is 2.70. The number of halogens is 1. The standard InChI is InChI=1S/C13H12ClN5O/c1-8-16-11(20-19-8)6-7-15-12-9-4-2-3-5-10(9)17-13(14)18-12/h2-5H,6-7H2,1H3,(H,15,17,18). The lowest BCUT2D eigenvalue weighted by Crippen LogP contribution is -2.07. The molecule has 3 rings (SSSR count). The van der Waals surface area contributed by atoms with Crippen molar-refractivity contribution >= 4 is 28.3 Å². The zero-order chi connectivity index (χ0) is 13.9. The second-order valence-corrected chi connectivity index (χ2v) is 4.61. The molecule has 0 aliphatic carbocycles. The fourth-order valence-corrected chi connectivity index (χ4v) is 2.09. The number of para-hydroxylation sites is 1. The molecule has 0 atom stereocenters. The fourth-order valence-electron chi connectivity index (χ4n) is 1.91. The van der Waals surface area contributed by atoms with Crippen molar-refractivity contribution in [3.05, 3.63) is 41.3 Å². The summed E-state index contributed by atoms with van der Waals surface area (Å²) in [5.74, 6) is 1.94. The zero-order valence-electron chi connectivity index (χ0n) is 10.8. The largest absolute Gasteiger partial charge is 0.369 e. The van der Waals surface area contributed by atoms with E-state index in [1.54, 1.807) is 6.92 Å². The first kappa shape index (κ1) is 12.8. The molecule has 0 aliphatic heterocycles. The molecule has 1 aromatic carbocycles. The molecule has 20 heavy (non-hydrogen) atoms. The summed E-state index contributed by atoms with van der Waals surface area (Å²) in [6.07, 6.45) is 0.622. The maximum atomic E-state index is 5.92. The van der Waals surface area contributed by atoms with E-state index in [1.807, 2.05) is 24.3 Å². The summed E-state index contributed by atoms with van der Waals surface area (Å²) in [4.78, 5) is 12.5. The van der Waals surface area contributed by atoms with Crippen molar-refractivity contribution in [2.24, 2.45) is 0 Å². The van der Waals surface area contributed by atoms with Crippen molar-refractivity contribution in [3.8, 4) is 0 Å². The Morgan fingerprint density at radius 1 is 1.20 bits per heavy atom. The van der Waals surface area contributed by atoms with Gasteiger partial charge in [-0.15, -0.1) is 0 Å². The summed E-state index contributed by atoms with van der Waals surface area (Å²) < 4.78 is 5.05. The molecule has 0 fully saturated rings. The maximum absolute atomic E-state index is 5.92. The summed E-state index contributed by atoms with van der Waals surface area (Å²) in [5, 5.41) is 8.12. The van der Waals surface area contributed by atoms with Gasteiger partial charge in [0.15, 0.2) is 5.82 Å². The first-order valence-corrected chi connectivity index (χ1v) is 6.55. The number of nitrogens with one attached hydrogen (secondary N) is 1. The van der Waals surface area contributed by atoms with Gasteiger partial charge in [0.2, 0.25) is 11.2 Å². The smallest absolute Gasteiger partial charge is 0.228 e. The molecule has 0 amide bonds. The topological polar surface area (TPSA) is 76.7 Å². The maximum Gasteiger partial charge on any atom is 0.228 e. The summed E-state index contributed by atoms with van der Waals surface area (Å²) in [6, 6.07) is 7.70. The van der Waals surface area contributed by atoms with E-state index in [9.17, 15) is 0 Å².